The molecule has 1 aromatic carbocycles. The summed E-state index contributed by atoms with van der Waals surface area (Å²) in [6, 6.07) is 15.7. The smallest absolute Gasteiger partial charge is 0.0573 e. The quantitative estimate of drug-likeness (QED) is 0.893. The molecule has 1 N–H and O–H groups in total. The lowest BCUT2D eigenvalue weighted by atomic mass is 9.76. The lowest BCUT2D eigenvalue weighted by Gasteiger charge is -2.36. The topological polar surface area (TPSA) is 24.9 Å². The van der Waals surface area contributed by atoms with Crippen molar-refractivity contribution in [3.63, 3.8) is 0 Å². The van der Waals surface area contributed by atoms with Gasteiger partial charge in [0.1, 0.15) is 0 Å². The van der Waals surface area contributed by atoms with Crippen molar-refractivity contribution in [2.75, 3.05) is 0 Å². The van der Waals surface area contributed by atoms with Crippen LogP contribution in [0.25, 0.3) is 0 Å². The van der Waals surface area contributed by atoms with Gasteiger partial charge in [-0.2, -0.15) is 0 Å². The number of hydrogen-bond acceptors (Lipinski definition) is 2. The highest BCUT2D eigenvalue weighted by Gasteiger charge is 2.29. The van der Waals surface area contributed by atoms with Crippen LogP contribution in [0.4, 0.5) is 0 Å². The summed E-state index contributed by atoms with van der Waals surface area (Å²) >= 11 is 0. The minimum absolute atomic E-state index is 0.645. The zero-order valence-corrected chi connectivity index (χ0v) is 12.0. The van der Waals surface area contributed by atoms with Crippen LogP contribution >= 0.6 is 0 Å². The van der Waals surface area contributed by atoms with Crippen molar-refractivity contribution in [3.8, 4) is 0 Å². The van der Waals surface area contributed by atoms with Gasteiger partial charge in [-0.1, -0.05) is 43.3 Å². The molecule has 0 radical (unpaired) electrons. The average molecular weight is 266 g/mol. The van der Waals surface area contributed by atoms with E-state index in [0.29, 0.717) is 6.04 Å². The summed E-state index contributed by atoms with van der Waals surface area (Å²) in [5.74, 6) is 0.739. The second kappa shape index (κ2) is 6.19. The van der Waals surface area contributed by atoms with Gasteiger partial charge in [0, 0.05) is 18.8 Å². The summed E-state index contributed by atoms with van der Waals surface area (Å²) < 4.78 is 0. The third kappa shape index (κ3) is 2.91. The number of aromatic nitrogens is 1. The van der Waals surface area contributed by atoms with E-state index >= 15 is 0 Å². The van der Waals surface area contributed by atoms with Gasteiger partial charge in [0.25, 0.3) is 0 Å². The van der Waals surface area contributed by atoms with E-state index in [-0.39, 0.29) is 0 Å². The van der Waals surface area contributed by atoms with Gasteiger partial charge in [0.2, 0.25) is 0 Å². The van der Waals surface area contributed by atoms with E-state index in [1.54, 1.807) is 0 Å². The van der Waals surface area contributed by atoms with Crippen molar-refractivity contribution in [3.05, 3.63) is 65.5 Å². The monoisotopic (exact) mass is 266 g/mol. The number of hydrogen-bond donors (Lipinski definition) is 1. The molecule has 2 nitrogen and oxygen atoms in total. The number of aryl methyl sites for hydroxylation is 1. The minimum Gasteiger partial charge on any atom is -0.308 e. The third-order valence-electron chi connectivity index (χ3n) is 4.33. The van der Waals surface area contributed by atoms with Gasteiger partial charge in [-0.3, -0.25) is 4.98 Å². The molecular formula is C18H22N2. The fraction of sp³-hybridized carbons (Fsp3) is 0.389. The van der Waals surface area contributed by atoms with Gasteiger partial charge in [-0.05, 0) is 42.4 Å². The molecule has 0 aliphatic heterocycles. The van der Waals surface area contributed by atoms with Gasteiger partial charge in [-0.15, -0.1) is 0 Å². The van der Waals surface area contributed by atoms with Gasteiger partial charge in [0.05, 0.1) is 5.69 Å². The maximum atomic E-state index is 4.49. The first-order chi connectivity index (χ1) is 9.86. The molecular weight excluding hydrogens is 244 g/mol. The zero-order valence-electron chi connectivity index (χ0n) is 12.0. The van der Waals surface area contributed by atoms with Crippen LogP contribution in [0.1, 0.15) is 42.5 Å². The largest absolute Gasteiger partial charge is 0.308 e. The molecule has 1 aromatic heterocycles. The number of pyridine rings is 1. The predicted octanol–water partition coefficient (Wildman–Crippen LogP) is 3.68. The summed E-state index contributed by atoms with van der Waals surface area (Å²) in [6.07, 6.45) is 5.45. The molecule has 0 bridgehead atoms. The molecule has 2 aromatic rings. The Hall–Kier alpha value is -1.67. The maximum absolute atomic E-state index is 4.49. The highest BCUT2D eigenvalue weighted by atomic mass is 14.9. The SMILES string of the molecule is CCc1cccnc1CNC1CC(c2ccccc2)C1. The predicted molar refractivity (Wildman–Crippen MR) is 82.7 cm³/mol. The van der Waals surface area contributed by atoms with Gasteiger partial charge >= 0.3 is 0 Å². The van der Waals surface area contributed by atoms with Crippen molar-refractivity contribution in [2.45, 2.75) is 44.7 Å². The molecule has 0 saturated heterocycles. The van der Waals surface area contributed by atoms with E-state index in [1.807, 2.05) is 12.3 Å². The maximum Gasteiger partial charge on any atom is 0.0573 e. The van der Waals surface area contributed by atoms with Crippen LogP contribution in [0.2, 0.25) is 0 Å². The van der Waals surface area contributed by atoms with Crippen molar-refractivity contribution in [2.24, 2.45) is 0 Å². The van der Waals surface area contributed by atoms with E-state index in [2.05, 4.69) is 53.6 Å². The Morgan fingerprint density at radius 1 is 1.10 bits per heavy atom. The first kappa shape index (κ1) is 13.3. The number of benzene rings is 1. The summed E-state index contributed by atoms with van der Waals surface area (Å²) in [4.78, 5) is 4.49. The van der Waals surface area contributed by atoms with Crippen molar-refractivity contribution in [1.29, 1.82) is 0 Å². The zero-order chi connectivity index (χ0) is 13.8. The van der Waals surface area contributed by atoms with E-state index in [9.17, 15) is 0 Å². The van der Waals surface area contributed by atoms with Crippen molar-refractivity contribution in [1.82, 2.24) is 10.3 Å². The van der Waals surface area contributed by atoms with Crippen LogP contribution in [0.3, 0.4) is 0 Å². The van der Waals surface area contributed by atoms with Gasteiger partial charge < -0.3 is 5.32 Å². The molecule has 1 aliphatic rings. The summed E-state index contributed by atoms with van der Waals surface area (Å²) in [7, 11) is 0. The Balaban J connectivity index is 1.50. The first-order valence-electron chi connectivity index (χ1n) is 7.58. The molecule has 1 saturated carbocycles. The van der Waals surface area contributed by atoms with Crippen molar-refractivity contribution >= 4 is 0 Å². The molecule has 0 spiro atoms. The Labute approximate surface area is 121 Å². The number of rotatable bonds is 5. The van der Waals surface area contributed by atoms with Gasteiger partial charge in [-0.25, -0.2) is 0 Å². The van der Waals surface area contributed by atoms with E-state index in [1.165, 1.54) is 29.7 Å². The highest BCUT2D eigenvalue weighted by molar-refractivity contribution is 5.23. The molecule has 20 heavy (non-hydrogen) atoms. The molecule has 2 heteroatoms. The Kier molecular flexibility index (Phi) is 4.12. The summed E-state index contributed by atoms with van der Waals surface area (Å²) in [6.45, 7) is 3.09. The molecule has 1 fully saturated rings. The molecule has 104 valence electrons. The standard InChI is InChI=1S/C18H22N2/c1-2-14-9-6-10-19-18(14)13-20-17-11-16(12-17)15-7-4-3-5-8-15/h3-10,16-17,20H,2,11-13H2,1H3. The van der Waals surface area contributed by atoms with E-state index < -0.39 is 0 Å². The van der Waals surface area contributed by atoms with Crippen LogP contribution in [0.15, 0.2) is 48.7 Å². The molecule has 3 rings (SSSR count). The number of nitrogens with zero attached hydrogens (tertiary/aromatic N) is 1. The van der Waals surface area contributed by atoms with Crippen LogP contribution in [0, 0.1) is 0 Å². The fourth-order valence-corrected chi connectivity index (χ4v) is 2.98. The van der Waals surface area contributed by atoms with E-state index in [4.69, 9.17) is 0 Å². The summed E-state index contributed by atoms with van der Waals surface area (Å²) in [5.41, 5.74) is 4.05. The normalized spacial score (nSPS) is 21.4. The third-order valence-corrected chi connectivity index (χ3v) is 4.33. The molecule has 0 unspecified atom stereocenters. The molecule has 0 amide bonds. The van der Waals surface area contributed by atoms with Crippen LogP contribution in [0.5, 0.6) is 0 Å². The second-order valence-electron chi connectivity index (χ2n) is 5.62. The van der Waals surface area contributed by atoms with Crippen molar-refractivity contribution < 1.29 is 0 Å². The Morgan fingerprint density at radius 3 is 2.65 bits per heavy atom. The lowest BCUT2D eigenvalue weighted by molar-refractivity contribution is 0.288. The van der Waals surface area contributed by atoms with Crippen LogP contribution < -0.4 is 5.32 Å². The molecule has 0 atom stereocenters. The fourth-order valence-electron chi connectivity index (χ4n) is 2.98. The molecule has 1 aliphatic carbocycles. The Morgan fingerprint density at radius 2 is 1.90 bits per heavy atom. The number of nitrogens with one attached hydrogen (secondary N) is 1. The highest BCUT2D eigenvalue weighted by Crippen LogP contribution is 2.36. The summed E-state index contributed by atoms with van der Waals surface area (Å²) in [5, 5.41) is 3.65. The minimum atomic E-state index is 0.645. The molecule has 1 heterocycles. The lowest BCUT2D eigenvalue weighted by Crippen LogP contribution is -2.39. The first-order valence-corrected chi connectivity index (χ1v) is 7.58. The van der Waals surface area contributed by atoms with Gasteiger partial charge in [0.15, 0.2) is 0 Å². The van der Waals surface area contributed by atoms with Crippen LogP contribution in [-0.4, -0.2) is 11.0 Å². The second-order valence-corrected chi connectivity index (χ2v) is 5.62. The average Bonchev–Trinajstić information content (AvgIpc) is 2.47. The van der Waals surface area contributed by atoms with Crippen LogP contribution in [-0.2, 0) is 13.0 Å². The van der Waals surface area contributed by atoms with E-state index in [0.717, 1.165) is 18.9 Å². The Bertz CT molecular complexity index is 544.